The van der Waals surface area contributed by atoms with E-state index in [0.717, 1.165) is 31.5 Å². The Kier molecular flexibility index (Phi) is 4.52. The molecular weight excluding hydrogens is 244 g/mol. The Morgan fingerprint density at radius 1 is 1.10 bits per heavy atom. The van der Waals surface area contributed by atoms with E-state index in [4.69, 9.17) is 4.98 Å². The number of nitrogens with zero attached hydrogens (tertiary/aromatic N) is 2. The molecule has 0 aliphatic carbocycles. The van der Waals surface area contributed by atoms with Gasteiger partial charge in [0.1, 0.15) is 5.65 Å². The molecule has 0 saturated heterocycles. The summed E-state index contributed by atoms with van der Waals surface area (Å²) in [5.41, 5.74) is 4.26. The molecule has 2 heterocycles. The third-order valence-corrected chi connectivity index (χ3v) is 3.56. The lowest BCUT2D eigenvalue weighted by Gasteiger charge is -2.17. The molecule has 2 rings (SSSR count). The van der Waals surface area contributed by atoms with Crippen LogP contribution in [-0.2, 0) is 19.4 Å². The van der Waals surface area contributed by atoms with Crippen LogP contribution in [0.25, 0.3) is 11.0 Å². The fraction of sp³-hybridized carbons (Fsp3) is 0.611. The number of aryl methyl sites for hydroxylation is 2. The molecule has 0 amide bonds. The van der Waals surface area contributed by atoms with Gasteiger partial charge in [0.2, 0.25) is 0 Å². The molecular formula is C18H28N2. The van der Waals surface area contributed by atoms with E-state index in [9.17, 15) is 0 Å². The van der Waals surface area contributed by atoms with Crippen LogP contribution in [0.3, 0.4) is 0 Å². The lowest BCUT2D eigenvalue weighted by atomic mass is 9.88. The van der Waals surface area contributed by atoms with Crippen LogP contribution in [0.4, 0.5) is 0 Å². The number of hydrogen-bond donors (Lipinski definition) is 0. The lowest BCUT2D eigenvalue weighted by molar-refractivity contribution is 0.411. The summed E-state index contributed by atoms with van der Waals surface area (Å²) in [6.07, 6.45) is 6.64. The molecule has 0 fully saturated rings. The van der Waals surface area contributed by atoms with Crippen molar-refractivity contribution in [2.75, 3.05) is 0 Å². The molecule has 0 saturated carbocycles. The number of rotatable bonds is 5. The van der Waals surface area contributed by atoms with Crippen LogP contribution in [0.1, 0.15) is 58.7 Å². The van der Waals surface area contributed by atoms with Gasteiger partial charge >= 0.3 is 0 Å². The second-order valence-corrected chi connectivity index (χ2v) is 7.03. The van der Waals surface area contributed by atoms with Crippen LogP contribution in [0.15, 0.2) is 18.3 Å². The number of pyridine rings is 1. The van der Waals surface area contributed by atoms with Crippen molar-refractivity contribution in [3.8, 4) is 0 Å². The van der Waals surface area contributed by atoms with Crippen molar-refractivity contribution in [2.24, 2.45) is 5.41 Å². The zero-order chi connectivity index (χ0) is 14.8. The summed E-state index contributed by atoms with van der Waals surface area (Å²) in [6.45, 7) is 12.4. The quantitative estimate of drug-likeness (QED) is 0.750. The lowest BCUT2D eigenvalue weighted by Crippen LogP contribution is -2.09. The molecule has 0 atom stereocenters. The zero-order valence-electron chi connectivity index (χ0n) is 13.7. The standard InChI is InChI=1S/C18H28N2/c1-6-8-16-11-15-10-14(12-18(3,4)5)13-19-17(15)20(16)9-7-2/h10-11,13H,6-9,12H2,1-5H3. The fourth-order valence-corrected chi connectivity index (χ4v) is 2.89. The van der Waals surface area contributed by atoms with Crippen molar-refractivity contribution < 1.29 is 0 Å². The third kappa shape index (κ3) is 3.41. The largest absolute Gasteiger partial charge is 0.330 e. The highest BCUT2D eigenvalue weighted by Crippen LogP contribution is 2.25. The predicted molar refractivity (Wildman–Crippen MR) is 87.2 cm³/mol. The van der Waals surface area contributed by atoms with Gasteiger partial charge < -0.3 is 4.57 Å². The highest BCUT2D eigenvalue weighted by molar-refractivity contribution is 5.78. The molecule has 20 heavy (non-hydrogen) atoms. The van der Waals surface area contributed by atoms with Gasteiger partial charge in [-0.15, -0.1) is 0 Å². The average Bonchev–Trinajstić information content (AvgIpc) is 2.66. The Bertz CT molecular complexity index is 573. The second-order valence-electron chi connectivity index (χ2n) is 7.03. The van der Waals surface area contributed by atoms with E-state index in [1.807, 2.05) is 0 Å². The Hall–Kier alpha value is -1.31. The minimum absolute atomic E-state index is 0.313. The molecule has 0 unspecified atom stereocenters. The van der Waals surface area contributed by atoms with Crippen LogP contribution in [0.2, 0.25) is 0 Å². The molecule has 0 aliphatic rings. The molecule has 2 aromatic heterocycles. The molecule has 2 heteroatoms. The molecule has 0 aromatic carbocycles. The van der Waals surface area contributed by atoms with Gasteiger partial charge in [0.05, 0.1) is 0 Å². The van der Waals surface area contributed by atoms with Gasteiger partial charge in [-0.05, 0) is 42.4 Å². The van der Waals surface area contributed by atoms with E-state index >= 15 is 0 Å². The summed E-state index contributed by atoms with van der Waals surface area (Å²) >= 11 is 0. The smallest absolute Gasteiger partial charge is 0.140 e. The highest BCUT2D eigenvalue weighted by atomic mass is 15.0. The van der Waals surface area contributed by atoms with E-state index in [0.29, 0.717) is 5.41 Å². The van der Waals surface area contributed by atoms with Crippen LogP contribution in [0.5, 0.6) is 0 Å². The first-order valence-corrected chi connectivity index (χ1v) is 7.91. The second kappa shape index (κ2) is 5.99. The van der Waals surface area contributed by atoms with Crippen molar-refractivity contribution in [3.63, 3.8) is 0 Å². The third-order valence-electron chi connectivity index (χ3n) is 3.56. The van der Waals surface area contributed by atoms with Gasteiger partial charge in [-0.1, -0.05) is 41.0 Å². The number of hydrogen-bond acceptors (Lipinski definition) is 1. The fourth-order valence-electron chi connectivity index (χ4n) is 2.89. The maximum Gasteiger partial charge on any atom is 0.140 e. The zero-order valence-corrected chi connectivity index (χ0v) is 13.7. The summed E-state index contributed by atoms with van der Waals surface area (Å²) in [6, 6.07) is 4.67. The van der Waals surface area contributed by atoms with Gasteiger partial charge in [0, 0.05) is 23.8 Å². The summed E-state index contributed by atoms with van der Waals surface area (Å²) < 4.78 is 2.40. The molecule has 0 N–H and O–H groups in total. The average molecular weight is 272 g/mol. The summed E-state index contributed by atoms with van der Waals surface area (Å²) in [5, 5.41) is 1.31. The first kappa shape index (κ1) is 15.1. The predicted octanol–water partition coefficient (Wildman–Crippen LogP) is 4.99. The van der Waals surface area contributed by atoms with Gasteiger partial charge in [-0.3, -0.25) is 0 Å². The Labute approximate surface area is 123 Å². The van der Waals surface area contributed by atoms with E-state index in [-0.39, 0.29) is 0 Å². The van der Waals surface area contributed by atoms with Crippen LogP contribution >= 0.6 is 0 Å². The van der Waals surface area contributed by atoms with Gasteiger partial charge in [-0.2, -0.15) is 0 Å². The number of aromatic nitrogens is 2. The Morgan fingerprint density at radius 3 is 2.45 bits per heavy atom. The van der Waals surface area contributed by atoms with Crippen LogP contribution in [-0.4, -0.2) is 9.55 Å². The van der Waals surface area contributed by atoms with E-state index in [1.54, 1.807) is 0 Å². The van der Waals surface area contributed by atoms with Crippen molar-refractivity contribution >= 4 is 11.0 Å². The van der Waals surface area contributed by atoms with E-state index in [2.05, 4.69) is 57.5 Å². The molecule has 2 nitrogen and oxygen atoms in total. The maximum atomic E-state index is 4.75. The molecule has 0 aliphatic heterocycles. The SMILES string of the molecule is CCCc1cc2cc(CC(C)(C)C)cnc2n1CCC. The van der Waals surface area contributed by atoms with Crippen LogP contribution < -0.4 is 0 Å². The van der Waals surface area contributed by atoms with Crippen molar-refractivity contribution in [3.05, 3.63) is 29.6 Å². The number of fused-ring (bicyclic) bond motifs is 1. The van der Waals surface area contributed by atoms with Gasteiger partial charge in [0.15, 0.2) is 0 Å². The Balaban J connectivity index is 2.42. The minimum atomic E-state index is 0.313. The highest BCUT2D eigenvalue weighted by Gasteiger charge is 2.14. The van der Waals surface area contributed by atoms with Gasteiger partial charge in [-0.25, -0.2) is 4.98 Å². The summed E-state index contributed by atoms with van der Waals surface area (Å²) in [5.74, 6) is 0. The van der Waals surface area contributed by atoms with E-state index < -0.39 is 0 Å². The topological polar surface area (TPSA) is 17.8 Å². The maximum absolute atomic E-state index is 4.75. The minimum Gasteiger partial charge on any atom is -0.330 e. The van der Waals surface area contributed by atoms with Crippen LogP contribution in [0, 0.1) is 5.41 Å². The normalized spacial score (nSPS) is 12.2. The molecule has 2 aromatic rings. The summed E-state index contributed by atoms with van der Waals surface area (Å²) in [7, 11) is 0. The summed E-state index contributed by atoms with van der Waals surface area (Å²) in [4.78, 5) is 4.75. The monoisotopic (exact) mass is 272 g/mol. The Morgan fingerprint density at radius 2 is 1.85 bits per heavy atom. The van der Waals surface area contributed by atoms with Gasteiger partial charge in [0.25, 0.3) is 0 Å². The van der Waals surface area contributed by atoms with Crippen molar-refractivity contribution in [2.45, 2.75) is 66.8 Å². The van der Waals surface area contributed by atoms with E-state index in [1.165, 1.54) is 23.1 Å². The molecule has 0 spiro atoms. The first-order valence-electron chi connectivity index (χ1n) is 7.91. The molecule has 110 valence electrons. The van der Waals surface area contributed by atoms with Crippen molar-refractivity contribution in [1.29, 1.82) is 0 Å². The molecule has 0 bridgehead atoms. The molecule has 0 radical (unpaired) electrons. The van der Waals surface area contributed by atoms with Crippen molar-refractivity contribution in [1.82, 2.24) is 9.55 Å². The first-order chi connectivity index (χ1) is 9.44.